The molecule has 0 aliphatic heterocycles. The van der Waals surface area contributed by atoms with Crippen LogP contribution in [0.15, 0.2) is 0 Å². The van der Waals surface area contributed by atoms with Crippen LogP contribution < -0.4 is 0 Å². The average Bonchev–Trinajstić information content (AvgIpc) is 2.01. The van der Waals surface area contributed by atoms with E-state index in [9.17, 15) is 4.79 Å². The molecule has 0 aromatic heterocycles. The number of rotatable bonds is 6. The molecule has 66 valence electrons. The third-order valence-corrected chi connectivity index (χ3v) is 1.82. The van der Waals surface area contributed by atoms with Crippen molar-refractivity contribution in [2.24, 2.45) is 0 Å². The van der Waals surface area contributed by atoms with Gasteiger partial charge in [-0.15, -0.1) is 0 Å². The van der Waals surface area contributed by atoms with Crippen molar-refractivity contribution >= 4 is 5.78 Å². The summed E-state index contributed by atoms with van der Waals surface area (Å²) in [6, 6.07) is 0. The van der Waals surface area contributed by atoms with E-state index in [1.54, 1.807) is 0 Å². The van der Waals surface area contributed by atoms with Gasteiger partial charge in [-0.1, -0.05) is 20.8 Å². The fraction of sp³-hybridized carbons (Fsp3) is 0.889. The Morgan fingerprint density at radius 2 is 1.73 bits per heavy atom. The van der Waals surface area contributed by atoms with Gasteiger partial charge in [0, 0.05) is 6.42 Å². The van der Waals surface area contributed by atoms with Crippen LogP contribution in [0.25, 0.3) is 0 Å². The molecule has 2 nitrogen and oxygen atoms in total. The average molecular weight is 157 g/mol. The Bertz CT molecular complexity index is 108. The van der Waals surface area contributed by atoms with E-state index in [1.807, 2.05) is 6.92 Å². The van der Waals surface area contributed by atoms with E-state index in [2.05, 4.69) is 18.7 Å². The number of carbonyl (C=O) groups excluding carboxylic acids is 1. The van der Waals surface area contributed by atoms with Gasteiger partial charge < -0.3 is 0 Å². The van der Waals surface area contributed by atoms with Crippen LogP contribution in [0.2, 0.25) is 0 Å². The fourth-order valence-electron chi connectivity index (χ4n) is 1.05. The van der Waals surface area contributed by atoms with Crippen molar-refractivity contribution in [2.45, 2.75) is 33.6 Å². The molecule has 0 atom stereocenters. The van der Waals surface area contributed by atoms with Crippen LogP contribution in [-0.2, 0) is 4.79 Å². The van der Waals surface area contributed by atoms with Crippen LogP contribution in [0.1, 0.15) is 33.6 Å². The van der Waals surface area contributed by atoms with E-state index in [4.69, 9.17) is 0 Å². The molecule has 0 N–H and O–H groups in total. The summed E-state index contributed by atoms with van der Waals surface area (Å²) in [5.41, 5.74) is 0. The number of nitrogens with zero attached hydrogens (tertiary/aromatic N) is 1. The lowest BCUT2D eigenvalue weighted by molar-refractivity contribution is -0.120. The summed E-state index contributed by atoms with van der Waals surface area (Å²) in [4.78, 5) is 13.3. The fourth-order valence-corrected chi connectivity index (χ4v) is 1.05. The molecule has 2 heteroatoms. The zero-order valence-electron chi connectivity index (χ0n) is 7.89. The third kappa shape index (κ3) is 4.96. The van der Waals surface area contributed by atoms with Crippen molar-refractivity contribution in [3.05, 3.63) is 0 Å². The minimum atomic E-state index is 0.371. The maximum atomic E-state index is 11.1. The molecule has 0 heterocycles. The minimum Gasteiger partial charge on any atom is -0.298 e. The summed E-state index contributed by atoms with van der Waals surface area (Å²) in [5, 5.41) is 0. The number of carbonyl (C=O) groups is 1. The Labute approximate surface area is 69.6 Å². The number of ketones is 1. The van der Waals surface area contributed by atoms with Gasteiger partial charge in [0.1, 0.15) is 5.78 Å². The number of likely N-dealkylation sites (N-methyl/N-ethyl adjacent to an activating group) is 1. The molecule has 0 rings (SSSR count). The summed E-state index contributed by atoms with van der Waals surface area (Å²) in [7, 11) is 0. The molecular weight excluding hydrogens is 138 g/mol. The highest BCUT2D eigenvalue weighted by atomic mass is 16.1. The Hall–Kier alpha value is -0.370. The summed E-state index contributed by atoms with van der Waals surface area (Å²) >= 11 is 0. The first-order chi connectivity index (χ1) is 5.24. The first-order valence-corrected chi connectivity index (χ1v) is 4.48. The number of Topliss-reactive ketones (excluding diaryl/α,β-unsaturated/α-hetero) is 1. The van der Waals surface area contributed by atoms with Crippen molar-refractivity contribution < 1.29 is 4.79 Å². The van der Waals surface area contributed by atoms with E-state index in [1.165, 1.54) is 0 Å². The molecule has 0 fully saturated rings. The van der Waals surface area contributed by atoms with Crippen molar-refractivity contribution in [3.8, 4) is 0 Å². The van der Waals surface area contributed by atoms with E-state index in [0.717, 1.165) is 25.9 Å². The Morgan fingerprint density at radius 1 is 1.18 bits per heavy atom. The topological polar surface area (TPSA) is 20.3 Å². The van der Waals surface area contributed by atoms with Crippen molar-refractivity contribution in [2.75, 3.05) is 19.6 Å². The SMILES string of the molecule is CCCC(=O)CN(CC)CC. The van der Waals surface area contributed by atoms with Crippen LogP contribution in [0.4, 0.5) is 0 Å². The maximum absolute atomic E-state index is 11.1. The first-order valence-electron chi connectivity index (χ1n) is 4.48. The number of hydrogen-bond acceptors (Lipinski definition) is 2. The molecule has 0 aromatic rings. The van der Waals surface area contributed by atoms with Crippen molar-refractivity contribution in [3.63, 3.8) is 0 Å². The third-order valence-electron chi connectivity index (χ3n) is 1.82. The second-order valence-electron chi connectivity index (χ2n) is 2.75. The quantitative estimate of drug-likeness (QED) is 0.585. The molecule has 0 bridgehead atoms. The zero-order valence-corrected chi connectivity index (χ0v) is 7.89. The lowest BCUT2D eigenvalue weighted by Crippen LogP contribution is -2.29. The van der Waals surface area contributed by atoms with Crippen molar-refractivity contribution in [1.82, 2.24) is 4.90 Å². The highest BCUT2D eigenvalue weighted by Crippen LogP contribution is 1.93. The van der Waals surface area contributed by atoms with Gasteiger partial charge >= 0.3 is 0 Å². The lowest BCUT2D eigenvalue weighted by Gasteiger charge is -2.16. The second kappa shape index (κ2) is 6.35. The van der Waals surface area contributed by atoms with Gasteiger partial charge in [-0.2, -0.15) is 0 Å². The van der Waals surface area contributed by atoms with Gasteiger partial charge in [-0.25, -0.2) is 0 Å². The Kier molecular flexibility index (Phi) is 6.13. The van der Waals surface area contributed by atoms with E-state index < -0.39 is 0 Å². The zero-order chi connectivity index (χ0) is 8.69. The predicted octanol–water partition coefficient (Wildman–Crippen LogP) is 1.70. The molecule has 11 heavy (non-hydrogen) atoms. The number of hydrogen-bond donors (Lipinski definition) is 0. The first kappa shape index (κ1) is 10.6. The van der Waals surface area contributed by atoms with Crippen LogP contribution in [0, 0.1) is 0 Å². The second-order valence-corrected chi connectivity index (χ2v) is 2.75. The van der Waals surface area contributed by atoms with Gasteiger partial charge in [0.2, 0.25) is 0 Å². The van der Waals surface area contributed by atoms with Gasteiger partial charge in [0.05, 0.1) is 6.54 Å². The molecule has 0 saturated carbocycles. The van der Waals surface area contributed by atoms with Crippen LogP contribution in [0.3, 0.4) is 0 Å². The van der Waals surface area contributed by atoms with E-state index in [-0.39, 0.29) is 0 Å². The molecular formula is C9H19NO. The monoisotopic (exact) mass is 157 g/mol. The van der Waals surface area contributed by atoms with Gasteiger partial charge in [0.25, 0.3) is 0 Å². The highest BCUT2D eigenvalue weighted by Gasteiger charge is 2.04. The predicted molar refractivity (Wildman–Crippen MR) is 47.7 cm³/mol. The summed E-state index contributed by atoms with van der Waals surface area (Å²) < 4.78 is 0. The molecule has 0 aliphatic carbocycles. The van der Waals surface area contributed by atoms with Crippen LogP contribution in [0.5, 0.6) is 0 Å². The van der Waals surface area contributed by atoms with Gasteiger partial charge in [-0.3, -0.25) is 9.69 Å². The van der Waals surface area contributed by atoms with Crippen LogP contribution in [-0.4, -0.2) is 30.3 Å². The Morgan fingerprint density at radius 3 is 2.09 bits per heavy atom. The minimum absolute atomic E-state index is 0.371. The summed E-state index contributed by atoms with van der Waals surface area (Å²) in [6.07, 6.45) is 1.70. The van der Waals surface area contributed by atoms with Gasteiger partial charge in [-0.05, 0) is 19.5 Å². The molecule has 0 aliphatic rings. The summed E-state index contributed by atoms with van der Waals surface area (Å²) in [5.74, 6) is 0.371. The van der Waals surface area contributed by atoms with Crippen molar-refractivity contribution in [1.29, 1.82) is 0 Å². The largest absolute Gasteiger partial charge is 0.298 e. The normalized spacial score (nSPS) is 10.5. The molecule has 0 spiro atoms. The molecule has 0 unspecified atom stereocenters. The smallest absolute Gasteiger partial charge is 0.146 e. The summed E-state index contributed by atoms with van der Waals surface area (Å²) in [6.45, 7) is 8.81. The standard InChI is InChI=1S/C9H19NO/c1-4-7-9(11)8-10(5-2)6-3/h4-8H2,1-3H3. The molecule has 0 saturated heterocycles. The Balaban J connectivity index is 3.54. The molecule has 0 amide bonds. The van der Waals surface area contributed by atoms with E-state index in [0.29, 0.717) is 12.3 Å². The maximum Gasteiger partial charge on any atom is 0.146 e. The van der Waals surface area contributed by atoms with Crippen LogP contribution >= 0.6 is 0 Å². The lowest BCUT2D eigenvalue weighted by atomic mass is 10.2. The van der Waals surface area contributed by atoms with E-state index >= 15 is 0 Å². The molecule has 0 aromatic carbocycles. The molecule has 0 radical (unpaired) electrons. The van der Waals surface area contributed by atoms with Gasteiger partial charge in [0.15, 0.2) is 0 Å². The highest BCUT2D eigenvalue weighted by molar-refractivity contribution is 5.80.